The minimum atomic E-state index is 0.564. The van der Waals surface area contributed by atoms with Gasteiger partial charge in [-0.15, -0.1) is 11.3 Å². The normalized spacial score (nSPS) is 16.3. The van der Waals surface area contributed by atoms with Crippen LogP contribution in [0.25, 0.3) is 11.3 Å². The Bertz CT molecular complexity index is 1420. The van der Waals surface area contributed by atoms with Gasteiger partial charge in [0.15, 0.2) is 5.13 Å². The van der Waals surface area contributed by atoms with E-state index in [4.69, 9.17) is 9.72 Å². The van der Waals surface area contributed by atoms with E-state index in [-0.39, 0.29) is 0 Å². The zero-order valence-corrected chi connectivity index (χ0v) is 25.4. The second-order valence-electron chi connectivity index (χ2n) is 12.2. The Hall–Kier alpha value is -3.44. The van der Waals surface area contributed by atoms with Gasteiger partial charge in [-0.05, 0) is 66.3 Å². The first kappa shape index (κ1) is 28.7. The van der Waals surface area contributed by atoms with Crippen molar-refractivity contribution in [1.29, 1.82) is 0 Å². The minimum absolute atomic E-state index is 0.564. The van der Waals surface area contributed by atoms with Gasteiger partial charge in [-0.1, -0.05) is 99.2 Å². The molecule has 4 nitrogen and oxygen atoms in total. The molecule has 0 radical (unpaired) electrons. The Kier molecular flexibility index (Phi) is 9.66. The SMILES string of the molecule is O=Cc1ccc(CN(CC2CCCCC2)c2nc(-c3cccc(OCc4ccc(C5CCCCC5)cc4)c3)cs2)cc1. The number of hydrogen-bond acceptors (Lipinski definition) is 5. The maximum absolute atomic E-state index is 11.1. The number of anilines is 1. The van der Waals surface area contributed by atoms with Crippen molar-refractivity contribution in [3.8, 4) is 17.0 Å². The number of benzene rings is 3. The molecule has 6 rings (SSSR count). The number of carbonyl (C=O) groups is 1. The standard InChI is InChI=1S/C37H42N2O2S/c40-25-30-16-14-29(15-17-30)24-39(23-28-8-3-1-4-9-28)37-38-36(27-42-37)34-12-7-13-35(22-34)41-26-31-18-20-33(21-19-31)32-10-5-2-6-11-32/h7,12-22,25,27-28,32H,1-6,8-11,23-24,26H2. The first-order valence-electron chi connectivity index (χ1n) is 15.8. The molecule has 2 aliphatic rings. The molecule has 1 aromatic heterocycles. The van der Waals surface area contributed by atoms with E-state index in [1.807, 2.05) is 18.2 Å². The average Bonchev–Trinajstić information content (AvgIpc) is 3.56. The molecule has 0 bridgehead atoms. The largest absolute Gasteiger partial charge is 0.489 e. The fourth-order valence-corrected chi connectivity index (χ4v) is 7.43. The molecule has 0 amide bonds. The molecule has 0 saturated heterocycles. The number of hydrogen-bond donors (Lipinski definition) is 0. The summed E-state index contributed by atoms with van der Waals surface area (Å²) >= 11 is 1.71. The van der Waals surface area contributed by atoms with Crippen LogP contribution in [0.2, 0.25) is 0 Å². The Morgan fingerprint density at radius 3 is 2.29 bits per heavy atom. The zero-order chi connectivity index (χ0) is 28.6. The summed E-state index contributed by atoms with van der Waals surface area (Å²) in [6.45, 7) is 2.38. The maximum atomic E-state index is 11.1. The van der Waals surface area contributed by atoms with Crippen molar-refractivity contribution in [2.45, 2.75) is 83.3 Å². The van der Waals surface area contributed by atoms with Crippen molar-refractivity contribution in [2.24, 2.45) is 5.92 Å². The van der Waals surface area contributed by atoms with Gasteiger partial charge in [0.2, 0.25) is 0 Å². The van der Waals surface area contributed by atoms with E-state index < -0.39 is 0 Å². The van der Waals surface area contributed by atoms with E-state index in [1.165, 1.54) is 80.9 Å². The minimum Gasteiger partial charge on any atom is -0.489 e. The molecule has 2 saturated carbocycles. The monoisotopic (exact) mass is 578 g/mol. The Morgan fingerprint density at radius 2 is 1.55 bits per heavy atom. The molecule has 2 aliphatic carbocycles. The fraction of sp³-hybridized carbons (Fsp3) is 0.405. The van der Waals surface area contributed by atoms with Crippen LogP contribution >= 0.6 is 11.3 Å². The summed E-state index contributed by atoms with van der Waals surface area (Å²) in [6, 6.07) is 25.3. The summed E-state index contributed by atoms with van der Waals surface area (Å²) in [5.41, 5.74) is 6.67. The Morgan fingerprint density at radius 1 is 0.833 bits per heavy atom. The molecule has 2 fully saturated rings. The van der Waals surface area contributed by atoms with Crippen LogP contribution in [0.1, 0.15) is 97.2 Å². The second kappa shape index (κ2) is 14.2. The van der Waals surface area contributed by atoms with Crippen molar-refractivity contribution in [3.05, 3.63) is 100 Å². The van der Waals surface area contributed by atoms with Gasteiger partial charge in [0.25, 0.3) is 0 Å². The van der Waals surface area contributed by atoms with Crippen LogP contribution in [0.3, 0.4) is 0 Å². The van der Waals surface area contributed by atoms with E-state index in [0.29, 0.717) is 18.1 Å². The molecule has 0 spiro atoms. The van der Waals surface area contributed by atoms with E-state index in [1.54, 1.807) is 11.3 Å². The van der Waals surface area contributed by atoms with Gasteiger partial charge in [0.05, 0.1) is 5.69 Å². The van der Waals surface area contributed by atoms with Crippen LogP contribution in [0.4, 0.5) is 5.13 Å². The van der Waals surface area contributed by atoms with Crippen molar-refractivity contribution in [2.75, 3.05) is 11.4 Å². The summed E-state index contributed by atoms with van der Waals surface area (Å²) in [7, 11) is 0. The maximum Gasteiger partial charge on any atom is 0.186 e. The van der Waals surface area contributed by atoms with Gasteiger partial charge in [0.1, 0.15) is 18.6 Å². The van der Waals surface area contributed by atoms with E-state index >= 15 is 0 Å². The number of thiazole rings is 1. The molecule has 3 aromatic carbocycles. The molecule has 5 heteroatoms. The van der Waals surface area contributed by atoms with Crippen molar-refractivity contribution in [3.63, 3.8) is 0 Å². The summed E-state index contributed by atoms with van der Waals surface area (Å²) in [5.74, 6) is 2.30. The summed E-state index contributed by atoms with van der Waals surface area (Å²) in [4.78, 5) is 18.7. The van der Waals surface area contributed by atoms with Crippen molar-refractivity contribution >= 4 is 22.8 Å². The molecular formula is C37H42N2O2S. The first-order valence-corrected chi connectivity index (χ1v) is 16.7. The highest BCUT2D eigenvalue weighted by Gasteiger charge is 2.21. The second-order valence-corrected chi connectivity index (χ2v) is 13.0. The highest BCUT2D eigenvalue weighted by Crippen LogP contribution is 2.34. The van der Waals surface area contributed by atoms with Crippen LogP contribution in [-0.2, 0) is 13.2 Å². The van der Waals surface area contributed by atoms with Gasteiger partial charge < -0.3 is 9.64 Å². The predicted molar refractivity (Wildman–Crippen MR) is 174 cm³/mol. The van der Waals surface area contributed by atoms with Crippen LogP contribution < -0.4 is 9.64 Å². The van der Waals surface area contributed by atoms with Crippen molar-refractivity contribution < 1.29 is 9.53 Å². The smallest absolute Gasteiger partial charge is 0.186 e. The summed E-state index contributed by atoms with van der Waals surface area (Å²) in [6.07, 6.45) is 14.3. The van der Waals surface area contributed by atoms with Gasteiger partial charge in [-0.25, -0.2) is 4.98 Å². The lowest BCUT2D eigenvalue weighted by Crippen LogP contribution is -2.30. The lowest BCUT2D eigenvalue weighted by atomic mass is 9.84. The summed E-state index contributed by atoms with van der Waals surface area (Å²) in [5, 5.41) is 3.22. The van der Waals surface area contributed by atoms with E-state index in [2.05, 4.69) is 64.9 Å². The third-order valence-electron chi connectivity index (χ3n) is 9.05. The quantitative estimate of drug-likeness (QED) is 0.166. The van der Waals surface area contributed by atoms with Crippen LogP contribution in [0.15, 0.2) is 78.2 Å². The highest BCUT2D eigenvalue weighted by molar-refractivity contribution is 7.14. The van der Waals surface area contributed by atoms with Gasteiger partial charge in [0, 0.05) is 29.6 Å². The van der Waals surface area contributed by atoms with Gasteiger partial charge in [-0.3, -0.25) is 4.79 Å². The van der Waals surface area contributed by atoms with Gasteiger partial charge in [-0.2, -0.15) is 0 Å². The molecule has 42 heavy (non-hydrogen) atoms. The summed E-state index contributed by atoms with van der Waals surface area (Å²) < 4.78 is 6.23. The molecular weight excluding hydrogens is 536 g/mol. The van der Waals surface area contributed by atoms with Crippen LogP contribution in [0, 0.1) is 5.92 Å². The average molecular weight is 579 g/mol. The number of carbonyl (C=O) groups excluding carboxylic acids is 1. The lowest BCUT2D eigenvalue weighted by molar-refractivity contribution is 0.112. The number of aromatic nitrogens is 1. The fourth-order valence-electron chi connectivity index (χ4n) is 6.59. The van der Waals surface area contributed by atoms with Crippen LogP contribution in [-0.4, -0.2) is 17.8 Å². The Labute approximate surface area is 254 Å². The molecule has 4 aromatic rings. The number of nitrogens with zero attached hydrogens (tertiary/aromatic N) is 2. The highest BCUT2D eigenvalue weighted by atomic mass is 32.1. The first-order chi connectivity index (χ1) is 20.7. The third kappa shape index (κ3) is 7.49. The molecule has 0 unspecified atom stereocenters. The van der Waals surface area contributed by atoms with E-state index in [9.17, 15) is 4.79 Å². The molecule has 0 N–H and O–H groups in total. The number of aldehydes is 1. The van der Waals surface area contributed by atoms with Crippen LogP contribution in [0.5, 0.6) is 5.75 Å². The molecule has 218 valence electrons. The number of rotatable bonds is 11. The predicted octanol–water partition coefficient (Wildman–Crippen LogP) is 9.84. The molecule has 0 atom stereocenters. The topological polar surface area (TPSA) is 42.4 Å². The Balaban J connectivity index is 1.13. The third-order valence-corrected chi connectivity index (χ3v) is 9.95. The van der Waals surface area contributed by atoms with Crippen molar-refractivity contribution in [1.82, 2.24) is 4.98 Å². The van der Waals surface area contributed by atoms with Gasteiger partial charge >= 0.3 is 0 Å². The zero-order valence-electron chi connectivity index (χ0n) is 24.5. The lowest BCUT2D eigenvalue weighted by Gasteiger charge is -2.29. The molecule has 1 heterocycles. The number of ether oxygens (including phenoxy) is 1. The molecule has 0 aliphatic heterocycles. The van der Waals surface area contributed by atoms with E-state index in [0.717, 1.165) is 47.4 Å².